The van der Waals surface area contributed by atoms with Gasteiger partial charge < -0.3 is 10.2 Å². The summed E-state index contributed by atoms with van der Waals surface area (Å²) in [6.45, 7) is 3.20. The first-order valence-corrected chi connectivity index (χ1v) is 7.24. The minimum Gasteiger partial charge on any atom is -0.478 e. The molecule has 0 radical (unpaired) electrons. The van der Waals surface area contributed by atoms with Gasteiger partial charge in [0.05, 0.1) is 16.6 Å². The maximum absolute atomic E-state index is 12.0. The van der Waals surface area contributed by atoms with E-state index in [9.17, 15) is 18.3 Å². The van der Waals surface area contributed by atoms with Crippen molar-refractivity contribution in [3.63, 3.8) is 0 Å². The summed E-state index contributed by atoms with van der Waals surface area (Å²) in [5.74, 6) is -1.19. The molecular weight excluding hydrogens is 270 g/mol. The van der Waals surface area contributed by atoms with E-state index in [1.807, 2.05) is 0 Å². The average molecular weight is 287 g/mol. The van der Waals surface area contributed by atoms with E-state index in [2.05, 4.69) is 4.72 Å². The molecule has 0 saturated heterocycles. The van der Waals surface area contributed by atoms with Gasteiger partial charge in [-0.15, -0.1) is 0 Å². The van der Waals surface area contributed by atoms with Crippen LogP contribution in [0.25, 0.3) is 0 Å². The lowest BCUT2D eigenvalue weighted by Gasteiger charge is -2.15. The SMILES string of the molecule is CC(O)CC(C)NS(=O)(=O)c1cccc(C(=O)O)c1. The molecule has 0 aliphatic rings. The summed E-state index contributed by atoms with van der Waals surface area (Å²) in [5.41, 5.74) is -0.0916. The molecule has 0 spiro atoms. The zero-order valence-electron chi connectivity index (χ0n) is 10.7. The molecule has 0 aromatic heterocycles. The number of aromatic carboxylic acids is 1. The minimum atomic E-state index is -3.79. The van der Waals surface area contributed by atoms with Gasteiger partial charge in [-0.05, 0) is 38.5 Å². The van der Waals surface area contributed by atoms with Crippen molar-refractivity contribution >= 4 is 16.0 Å². The minimum absolute atomic E-state index is 0.0916. The van der Waals surface area contributed by atoms with Gasteiger partial charge in [-0.3, -0.25) is 0 Å². The number of carboxylic acids is 1. The second-order valence-corrected chi connectivity index (χ2v) is 6.15. The smallest absolute Gasteiger partial charge is 0.335 e. The summed E-state index contributed by atoms with van der Waals surface area (Å²) in [5, 5.41) is 18.0. The third kappa shape index (κ3) is 4.62. The number of aliphatic hydroxyl groups is 1. The highest BCUT2D eigenvalue weighted by atomic mass is 32.2. The fourth-order valence-electron chi connectivity index (χ4n) is 1.69. The topological polar surface area (TPSA) is 104 Å². The third-order valence-electron chi connectivity index (χ3n) is 2.44. The van der Waals surface area contributed by atoms with Crippen molar-refractivity contribution in [1.82, 2.24) is 4.72 Å². The molecule has 0 amide bonds. The van der Waals surface area contributed by atoms with Gasteiger partial charge in [0.25, 0.3) is 0 Å². The van der Waals surface area contributed by atoms with Crippen LogP contribution in [0.4, 0.5) is 0 Å². The summed E-state index contributed by atoms with van der Waals surface area (Å²) < 4.78 is 26.4. The van der Waals surface area contributed by atoms with Crippen molar-refractivity contribution in [3.8, 4) is 0 Å². The Morgan fingerprint density at radius 2 is 2.00 bits per heavy atom. The van der Waals surface area contributed by atoms with E-state index in [1.165, 1.54) is 18.2 Å². The number of sulfonamides is 1. The maximum Gasteiger partial charge on any atom is 0.335 e. The molecule has 0 aliphatic heterocycles. The van der Waals surface area contributed by atoms with Gasteiger partial charge in [-0.2, -0.15) is 0 Å². The Morgan fingerprint density at radius 1 is 1.37 bits per heavy atom. The van der Waals surface area contributed by atoms with E-state index in [0.29, 0.717) is 0 Å². The Labute approximate surface area is 112 Å². The third-order valence-corrected chi connectivity index (χ3v) is 4.03. The molecule has 6 nitrogen and oxygen atoms in total. The van der Waals surface area contributed by atoms with Gasteiger partial charge >= 0.3 is 5.97 Å². The molecule has 106 valence electrons. The lowest BCUT2D eigenvalue weighted by atomic mass is 10.2. The van der Waals surface area contributed by atoms with E-state index in [4.69, 9.17) is 5.11 Å². The van der Waals surface area contributed by atoms with Crippen molar-refractivity contribution < 1.29 is 23.4 Å². The molecule has 0 heterocycles. The molecule has 19 heavy (non-hydrogen) atoms. The van der Waals surface area contributed by atoms with Gasteiger partial charge in [0.1, 0.15) is 0 Å². The van der Waals surface area contributed by atoms with Crippen LogP contribution in [0, 0.1) is 0 Å². The summed E-state index contributed by atoms with van der Waals surface area (Å²) in [7, 11) is -3.79. The summed E-state index contributed by atoms with van der Waals surface area (Å²) >= 11 is 0. The van der Waals surface area contributed by atoms with Crippen LogP contribution in [0.15, 0.2) is 29.2 Å². The van der Waals surface area contributed by atoms with E-state index in [-0.39, 0.29) is 16.9 Å². The quantitative estimate of drug-likeness (QED) is 0.718. The maximum atomic E-state index is 12.0. The number of hydrogen-bond acceptors (Lipinski definition) is 4. The second-order valence-electron chi connectivity index (χ2n) is 4.44. The van der Waals surface area contributed by atoms with Crippen molar-refractivity contribution in [1.29, 1.82) is 0 Å². The molecule has 3 N–H and O–H groups in total. The molecule has 1 aromatic carbocycles. The Kier molecular flexibility index (Phi) is 5.04. The van der Waals surface area contributed by atoms with Crippen molar-refractivity contribution in [3.05, 3.63) is 29.8 Å². The molecule has 7 heteroatoms. The average Bonchev–Trinajstić information content (AvgIpc) is 2.27. The number of hydrogen-bond donors (Lipinski definition) is 3. The molecule has 0 fully saturated rings. The molecule has 0 bridgehead atoms. The Balaban J connectivity index is 2.94. The Morgan fingerprint density at radius 3 is 2.53 bits per heavy atom. The first-order chi connectivity index (χ1) is 8.72. The number of carboxylic acid groups (broad SMARTS) is 1. The van der Waals surface area contributed by atoms with Crippen LogP contribution in [0.5, 0.6) is 0 Å². The van der Waals surface area contributed by atoms with Crippen LogP contribution < -0.4 is 4.72 Å². The van der Waals surface area contributed by atoms with Crippen LogP contribution >= 0.6 is 0 Å². The van der Waals surface area contributed by atoms with E-state index in [0.717, 1.165) is 6.07 Å². The highest BCUT2D eigenvalue weighted by Crippen LogP contribution is 2.13. The van der Waals surface area contributed by atoms with Crippen molar-refractivity contribution in [2.45, 2.75) is 37.3 Å². The highest BCUT2D eigenvalue weighted by Gasteiger charge is 2.19. The zero-order valence-corrected chi connectivity index (χ0v) is 11.5. The zero-order chi connectivity index (χ0) is 14.6. The first kappa shape index (κ1) is 15.6. The number of benzene rings is 1. The van der Waals surface area contributed by atoms with E-state index < -0.39 is 28.1 Å². The van der Waals surface area contributed by atoms with E-state index in [1.54, 1.807) is 13.8 Å². The first-order valence-electron chi connectivity index (χ1n) is 5.76. The van der Waals surface area contributed by atoms with Crippen molar-refractivity contribution in [2.75, 3.05) is 0 Å². The van der Waals surface area contributed by atoms with Gasteiger partial charge in [0, 0.05) is 6.04 Å². The Hall–Kier alpha value is -1.44. The van der Waals surface area contributed by atoms with E-state index >= 15 is 0 Å². The highest BCUT2D eigenvalue weighted by molar-refractivity contribution is 7.89. The number of rotatable bonds is 6. The lowest BCUT2D eigenvalue weighted by Crippen LogP contribution is -2.34. The normalized spacial score (nSPS) is 14.9. The predicted molar refractivity (Wildman–Crippen MR) is 69.5 cm³/mol. The Bertz CT molecular complexity index is 553. The molecule has 1 aromatic rings. The summed E-state index contributed by atoms with van der Waals surface area (Å²) in [6.07, 6.45) is -0.347. The van der Waals surface area contributed by atoms with Crippen molar-refractivity contribution in [2.24, 2.45) is 0 Å². The van der Waals surface area contributed by atoms with Crippen LogP contribution in [0.2, 0.25) is 0 Å². The van der Waals surface area contributed by atoms with Crippen LogP contribution in [0.1, 0.15) is 30.6 Å². The van der Waals surface area contributed by atoms with Crippen LogP contribution in [0.3, 0.4) is 0 Å². The summed E-state index contributed by atoms with van der Waals surface area (Å²) in [6, 6.07) is 4.67. The standard InChI is InChI=1S/C12H17NO5S/c1-8(6-9(2)14)13-19(17,18)11-5-3-4-10(7-11)12(15)16/h3-5,7-9,13-14H,6H2,1-2H3,(H,15,16). The largest absolute Gasteiger partial charge is 0.478 e. The number of carbonyl (C=O) groups is 1. The molecule has 1 rings (SSSR count). The van der Waals surface area contributed by atoms with Crippen LogP contribution in [-0.4, -0.2) is 36.7 Å². The fraction of sp³-hybridized carbons (Fsp3) is 0.417. The van der Waals surface area contributed by atoms with Gasteiger partial charge in [0.15, 0.2) is 0 Å². The summed E-state index contributed by atoms with van der Waals surface area (Å²) in [4.78, 5) is 10.7. The molecule has 0 aliphatic carbocycles. The number of nitrogens with one attached hydrogen (secondary N) is 1. The molecule has 0 saturated carbocycles. The van der Waals surface area contributed by atoms with Gasteiger partial charge in [-0.1, -0.05) is 6.07 Å². The number of aliphatic hydroxyl groups excluding tert-OH is 1. The van der Waals surface area contributed by atoms with Gasteiger partial charge in [0.2, 0.25) is 10.0 Å². The molecule has 2 atom stereocenters. The molecular formula is C12H17NO5S. The van der Waals surface area contributed by atoms with Crippen LogP contribution in [-0.2, 0) is 10.0 Å². The monoisotopic (exact) mass is 287 g/mol. The second kappa shape index (κ2) is 6.14. The van der Waals surface area contributed by atoms with Gasteiger partial charge in [-0.25, -0.2) is 17.9 Å². The fourth-order valence-corrected chi connectivity index (χ4v) is 2.99. The predicted octanol–water partition coefficient (Wildman–Crippen LogP) is 0.823. The molecule has 2 unspecified atom stereocenters. The lowest BCUT2D eigenvalue weighted by molar-refractivity contribution is 0.0696.